The maximum absolute atomic E-state index is 13.0. The number of halogens is 3. The minimum Gasteiger partial charge on any atom is -0.497 e. The van der Waals surface area contributed by atoms with E-state index in [2.05, 4.69) is 5.32 Å². The first kappa shape index (κ1) is 22.1. The molecule has 0 aromatic heterocycles. The molecule has 1 N–H and O–H groups in total. The fourth-order valence-corrected chi connectivity index (χ4v) is 3.16. The van der Waals surface area contributed by atoms with Gasteiger partial charge >= 0.3 is 12.1 Å². The lowest BCUT2D eigenvalue weighted by molar-refractivity contribution is -0.151. The summed E-state index contributed by atoms with van der Waals surface area (Å²) >= 11 is 0. The second-order valence-electron chi connectivity index (χ2n) is 6.80. The second kappa shape index (κ2) is 9.07. The highest BCUT2D eigenvalue weighted by molar-refractivity contribution is 6.00. The minimum atomic E-state index is -4.64. The highest BCUT2D eigenvalue weighted by Crippen LogP contribution is 2.34. The number of hydrogen-bond acceptors (Lipinski definition) is 5. The van der Waals surface area contributed by atoms with Gasteiger partial charge in [-0.3, -0.25) is 14.4 Å². The first-order valence-electron chi connectivity index (χ1n) is 9.26. The molecule has 2 aromatic carbocycles. The van der Waals surface area contributed by atoms with Crippen LogP contribution >= 0.6 is 0 Å². The largest absolute Gasteiger partial charge is 0.497 e. The first-order chi connectivity index (χ1) is 14.7. The van der Waals surface area contributed by atoms with E-state index in [1.807, 2.05) is 0 Å². The van der Waals surface area contributed by atoms with Crippen LogP contribution in [-0.4, -0.2) is 38.0 Å². The summed E-state index contributed by atoms with van der Waals surface area (Å²) in [5, 5.41) is 2.09. The molecular formula is C21H19F3N2O5. The summed E-state index contributed by atoms with van der Waals surface area (Å²) in [6.45, 7) is -0.694. The Hall–Kier alpha value is -3.56. The third-order valence-corrected chi connectivity index (χ3v) is 4.69. The number of benzene rings is 2. The molecule has 1 saturated heterocycles. The van der Waals surface area contributed by atoms with Crippen LogP contribution in [0.5, 0.6) is 5.75 Å². The number of esters is 1. The van der Waals surface area contributed by atoms with Crippen molar-refractivity contribution in [1.29, 1.82) is 0 Å². The number of nitrogens with one attached hydrogen (secondary N) is 1. The Balaban J connectivity index is 1.55. The molecule has 7 nitrogen and oxygen atoms in total. The summed E-state index contributed by atoms with van der Waals surface area (Å²) in [4.78, 5) is 37.9. The Morgan fingerprint density at radius 3 is 2.45 bits per heavy atom. The van der Waals surface area contributed by atoms with Crippen LogP contribution in [0.2, 0.25) is 0 Å². The maximum atomic E-state index is 13.0. The highest BCUT2D eigenvalue weighted by Gasteiger charge is 2.37. The van der Waals surface area contributed by atoms with Crippen LogP contribution in [0.3, 0.4) is 0 Å². The van der Waals surface area contributed by atoms with Crippen molar-refractivity contribution >= 4 is 29.2 Å². The van der Waals surface area contributed by atoms with Crippen LogP contribution in [0.15, 0.2) is 48.5 Å². The fourth-order valence-electron chi connectivity index (χ4n) is 3.16. The van der Waals surface area contributed by atoms with E-state index < -0.39 is 41.8 Å². The number of para-hydroxylation sites is 1. The van der Waals surface area contributed by atoms with Gasteiger partial charge in [0, 0.05) is 18.7 Å². The van der Waals surface area contributed by atoms with Gasteiger partial charge in [0.2, 0.25) is 5.91 Å². The zero-order valence-electron chi connectivity index (χ0n) is 16.4. The number of amides is 2. The molecule has 1 atom stereocenters. The van der Waals surface area contributed by atoms with Crippen LogP contribution in [0.25, 0.3) is 0 Å². The quantitative estimate of drug-likeness (QED) is 0.703. The molecule has 0 radical (unpaired) electrons. The lowest BCUT2D eigenvalue weighted by atomic mass is 10.1. The van der Waals surface area contributed by atoms with Crippen LogP contribution in [-0.2, 0) is 25.3 Å². The summed E-state index contributed by atoms with van der Waals surface area (Å²) in [5.74, 6) is -2.14. The van der Waals surface area contributed by atoms with E-state index in [1.54, 1.807) is 24.3 Å². The normalized spacial score (nSPS) is 16.2. The number of alkyl halides is 3. The molecule has 0 saturated carbocycles. The molecule has 1 aliphatic heterocycles. The molecule has 1 fully saturated rings. The van der Waals surface area contributed by atoms with Crippen LogP contribution in [0.1, 0.15) is 12.0 Å². The van der Waals surface area contributed by atoms with Gasteiger partial charge in [-0.25, -0.2) is 0 Å². The Morgan fingerprint density at radius 2 is 1.81 bits per heavy atom. The Kier molecular flexibility index (Phi) is 6.47. The van der Waals surface area contributed by atoms with Gasteiger partial charge < -0.3 is 19.7 Å². The van der Waals surface area contributed by atoms with Gasteiger partial charge in [-0.2, -0.15) is 13.2 Å². The average molecular weight is 436 g/mol. The van der Waals surface area contributed by atoms with E-state index in [0.29, 0.717) is 11.4 Å². The van der Waals surface area contributed by atoms with E-state index in [4.69, 9.17) is 9.47 Å². The van der Waals surface area contributed by atoms with Crippen molar-refractivity contribution < 1.29 is 37.0 Å². The van der Waals surface area contributed by atoms with Gasteiger partial charge in [0.1, 0.15) is 5.75 Å². The molecule has 0 bridgehead atoms. The van der Waals surface area contributed by atoms with Crippen molar-refractivity contribution in [2.24, 2.45) is 5.92 Å². The van der Waals surface area contributed by atoms with Crippen LogP contribution < -0.4 is 15.0 Å². The molecule has 0 spiro atoms. The van der Waals surface area contributed by atoms with E-state index in [9.17, 15) is 27.6 Å². The molecule has 164 valence electrons. The third kappa shape index (κ3) is 5.33. The van der Waals surface area contributed by atoms with E-state index >= 15 is 0 Å². The predicted octanol–water partition coefficient (Wildman–Crippen LogP) is 3.25. The van der Waals surface area contributed by atoms with Crippen molar-refractivity contribution in [2.75, 3.05) is 30.5 Å². The smallest absolute Gasteiger partial charge is 0.418 e. The lowest BCUT2D eigenvalue weighted by Gasteiger charge is -2.17. The fraction of sp³-hybridized carbons (Fsp3) is 0.286. The van der Waals surface area contributed by atoms with Crippen molar-refractivity contribution in [3.8, 4) is 5.75 Å². The summed E-state index contributed by atoms with van der Waals surface area (Å²) in [6, 6.07) is 11.2. The summed E-state index contributed by atoms with van der Waals surface area (Å²) in [5.41, 5.74) is -0.855. The Morgan fingerprint density at radius 1 is 1.13 bits per heavy atom. The molecule has 0 aliphatic carbocycles. The molecule has 10 heteroatoms. The van der Waals surface area contributed by atoms with Gasteiger partial charge in [0.25, 0.3) is 5.91 Å². The third-order valence-electron chi connectivity index (χ3n) is 4.69. The number of rotatable bonds is 6. The number of methoxy groups -OCH3 is 1. The molecule has 31 heavy (non-hydrogen) atoms. The minimum absolute atomic E-state index is 0.0719. The lowest BCUT2D eigenvalue weighted by Crippen LogP contribution is -2.28. The zero-order chi connectivity index (χ0) is 22.6. The monoisotopic (exact) mass is 436 g/mol. The standard InChI is InChI=1S/C21H19F3N2O5/c1-30-15-8-6-14(7-9-15)26-11-13(10-19(26)28)20(29)31-12-18(27)25-17-5-3-2-4-16(17)21(22,23)24/h2-9,13H,10-12H2,1H3,(H,25,27)/t13-/m1/s1. The van der Waals surface area contributed by atoms with Crippen molar-refractivity contribution in [2.45, 2.75) is 12.6 Å². The molecule has 0 unspecified atom stereocenters. The molecule has 2 aromatic rings. The van der Waals surface area contributed by atoms with Gasteiger partial charge in [-0.15, -0.1) is 0 Å². The van der Waals surface area contributed by atoms with E-state index in [-0.39, 0.29) is 18.9 Å². The molecule has 1 heterocycles. The highest BCUT2D eigenvalue weighted by atomic mass is 19.4. The number of nitrogens with zero attached hydrogens (tertiary/aromatic N) is 1. The number of anilines is 2. The Bertz CT molecular complexity index is 976. The van der Waals surface area contributed by atoms with Crippen molar-refractivity contribution in [3.63, 3.8) is 0 Å². The topological polar surface area (TPSA) is 84.9 Å². The molecular weight excluding hydrogens is 417 g/mol. The molecule has 2 amide bonds. The Labute approximate surface area is 175 Å². The van der Waals surface area contributed by atoms with Gasteiger partial charge in [-0.05, 0) is 36.4 Å². The number of ether oxygens (including phenoxy) is 2. The molecule has 3 rings (SSSR count). The van der Waals surface area contributed by atoms with E-state index in [1.165, 1.54) is 24.1 Å². The first-order valence-corrected chi connectivity index (χ1v) is 9.26. The number of carbonyl (C=O) groups is 3. The second-order valence-corrected chi connectivity index (χ2v) is 6.80. The maximum Gasteiger partial charge on any atom is 0.418 e. The van der Waals surface area contributed by atoms with Crippen molar-refractivity contribution in [3.05, 3.63) is 54.1 Å². The van der Waals surface area contributed by atoms with Gasteiger partial charge in [-0.1, -0.05) is 12.1 Å². The van der Waals surface area contributed by atoms with Crippen molar-refractivity contribution in [1.82, 2.24) is 0 Å². The van der Waals surface area contributed by atoms with Crippen LogP contribution in [0.4, 0.5) is 24.5 Å². The van der Waals surface area contributed by atoms with Crippen LogP contribution in [0, 0.1) is 5.92 Å². The van der Waals surface area contributed by atoms with E-state index in [0.717, 1.165) is 12.1 Å². The summed E-state index contributed by atoms with van der Waals surface area (Å²) < 4.78 is 49.0. The SMILES string of the molecule is COc1ccc(N2C[C@H](C(=O)OCC(=O)Nc3ccccc3C(F)(F)F)CC2=O)cc1. The number of carbonyl (C=O) groups excluding carboxylic acids is 3. The number of hydrogen-bond donors (Lipinski definition) is 1. The van der Waals surface area contributed by atoms with Gasteiger partial charge in [0.05, 0.1) is 24.3 Å². The summed E-state index contributed by atoms with van der Waals surface area (Å²) in [7, 11) is 1.51. The van der Waals surface area contributed by atoms with Gasteiger partial charge in [0.15, 0.2) is 6.61 Å². The predicted molar refractivity (Wildman–Crippen MR) is 104 cm³/mol. The molecule has 1 aliphatic rings. The zero-order valence-corrected chi connectivity index (χ0v) is 16.4. The summed E-state index contributed by atoms with van der Waals surface area (Å²) in [6.07, 6.45) is -4.74. The average Bonchev–Trinajstić information content (AvgIpc) is 3.13.